The molecule has 0 heterocycles. The van der Waals surface area contributed by atoms with Crippen molar-refractivity contribution in [3.8, 4) is 5.75 Å². The molecule has 9 heteroatoms. The molecule has 0 radical (unpaired) electrons. The van der Waals surface area contributed by atoms with Gasteiger partial charge in [-0.3, -0.25) is 0 Å². The topological polar surface area (TPSA) is 69.4 Å². The van der Waals surface area contributed by atoms with Crippen LogP contribution in [-0.4, -0.2) is 15.0 Å². The first kappa shape index (κ1) is 13.4. The van der Waals surface area contributed by atoms with Crippen LogP contribution in [0.15, 0.2) is 17.0 Å². The molecule has 0 aromatic heterocycles. The molecule has 1 aromatic rings. The second kappa shape index (κ2) is 4.70. The number of alkyl halides is 2. The van der Waals surface area contributed by atoms with Gasteiger partial charge in [-0.1, -0.05) is 23.2 Å². The van der Waals surface area contributed by atoms with Crippen LogP contribution in [-0.2, 0) is 10.0 Å². The van der Waals surface area contributed by atoms with Gasteiger partial charge in [0.2, 0.25) is 10.0 Å². The van der Waals surface area contributed by atoms with Gasteiger partial charge in [-0.25, -0.2) is 13.6 Å². The van der Waals surface area contributed by atoms with Crippen LogP contribution in [0.5, 0.6) is 5.75 Å². The summed E-state index contributed by atoms with van der Waals surface area (Å²) in [7, 11) is -4.06. The maximum absolute atomic E-state index is 11.9. The van der Waals surface area contributed by atoms with Crippen molar-refractivity contribution in [2.75, 3.05) is 0 Å². The van der Waals surface area contributed by atoms with Crippen LogP contribution in [0.4, 0.5) is 8.78 Å². The van der Waals surface area contributed by atoms with E-state index in [0.29, 0.717) is 0 Å². The van der Waals surface area contributed by atoms with E-state index in [9.17, 15) is 17.2 Å². The lowest BCUT2D eigenvalue weighted by Crippen LogP contribution is -2.13. The van der Waals surface area contributed by atoms with E-state index < -0.39 is 27.3 Å². The lowest BCUT2D eigenvalue weighted by Gasteiger charge is -2.09. The maximum atomic E-state index is 11.9. The average Bonchev–Trinajstić information content (AvgIpc) is 2.07. The third-order valence-electron chi connectivity index (χ3n) is 1.51. The van der Waals surface area contributed by atoms with Crippen LogP contribution in [0.1, 0.15) is 0 Å². The largest absolute Gasteiger partial charge is 0.433 e. The summed E-state index contributed by atoms with van der Waals surface area (Å²) >= 11 is 11.0. The van der Waals surface area contributed by atoms with E-state index in [4.69, 9.17) is 28.3 Å². The quantitative estimate of drug-likeness (QED) is 0.928. The fraction of sp³-hybridized carbons (Fsp3) is 0.143. The van der Waals surface area contributed by atoms with Gasteiger partial charge >= 0.3 is 6.61 Å². The Hall–Kier alpha value is -0.630. The molecule has 0 atom stereocenters. The van der Waals surface area contributed by atoms with Crippen LogP contribution in [0.2, 0.25) is 10.0 Å². The van der Waals surface area contributed by atoms with Crippen LogP contribution >= 0.6 is 23.2 Å². The Balaban J connectivity index is 3.28. The van der Waals surface area contributed by atoms with E-state index in [2.05, 4.69) is 4.74 Å². The summed E-state index contributed by atoms with van der Waals surface area (Å²) in [6, 6.07) is 1.70. The van der Waals surface area contributed by atoms with Crippen molar-refractivity contribution in [1.29, 1.82) is 0 Å². The van der Waals surface area contributed by atoms with Crippen molar-refractivity contribution >= 4 is 33.2 Å². The summed E-state index contributed by atoms with van der Waals surface area (Å²) in [4.78, 5) is -0.458. The summed E-state index contributed by atoms with van der Waals surface area (Å²) in [6.07, 6.45) is 0. The zero-order chi connectivity index (χ0) is 12.5. The molecule has 0 saturated heterocycles. The Morgan fingerprint density at radius 2 is 1.81 bits per heavy atom. The lowest BCUT2D eigenvalue weighted by atomic mass is 10.3. The van der Waals surface area contributed by atoms with Crippen molar-refractivity contribution in [3.05, 3.63) is 22.2 Å². The molecule has 0 unspecified atom stereocenters. The highest BCUT2D eigenvalue weighted by Gasteiger charge is 2.18. The minimum Gasteiger partial charge on any atom is -0.433 e. The Morgan fingerprint density at radius 3 is 2.25 bits per heavy atom. The van der Waals surface area contributed by atoms with E-state index >= 15 is 0 Å². The number of primary sulfonamides is 1. The molecule has 1 aromatic carbocycles. The summed E-state index contributed by atoms with van der Waals surface area (Å²) in [6.45, 7) is -3.09. The normalized spacial score (nSPS) is 11.9. The van der Waals surface area contributed by atoms with E-state index in [1.807, 2.05) is 0 Å². The van der Waals surface area contributed by atoms with Crippen LogP contribution in [0, 0.1) is 0 Å². The van der Waals surface area contributed by atoms with Gasteiger partial charge < -0.3 is 4.74 Å². The summed E-state index contributed by atoms with van der Waals surface area (Å²) in [5, 5.41) is 4.15. The molecule has 0 saturated carbocycles. The maximum Gasteiger partial charge on any atom is 0.387 e. The van der Waals surface area contributed by atoms with Crippen LogP contribution in [0.25, 0.3) is 0 Å². The highest BCUT2D eigenvalue weighted by molar-refractivity contribution is 7.89. The molecule has 2 N–H and O–H groups in total. The van der Waals surface area contributed by atoms with Crippen LogP contribution < -0.4 is 9.88 Å². The first-order valence-electron chi connectivity index (χ1n) is 3.68. The summed E-state index contributed by atoms with van der Waals surface area (Å²) in [5.41, 5.74) is 0. The van der Waals surface area contributed by atoms with Crippen LogP contribution in [0.3, 0.4) is 0 Å². The van der Waals surface area contributed by atoms with Gasteiger partial charge in [0.15, 0.2) is 0 Å². The molecule has 4 nitrogen and oxygen atoms in total. The molecule has 1 rings (SSSR count). The Kier molecular flexibility index (Phi) is 3.95. The summed E-state index contributed by atoms with van der Waals surface area (Å²) < 4.78 is 49.8. The first-order valence-corrected chi connectivity index (χ1v) is 5.98. The van der Waals surface area contributed by atoms with E-state index in [1.54, 1.807) is 0 Å². The number of ether oxygens (including phenoxy) is 1. The monoisotopic (exact) mass is 291 g/mol. The lowest BCUT2D eigenvalue weighted by molar-refractivity contribution is -0.0498. The molecular formula is C7H5Cl2F2NO3S. The SMILES string of the molecule is NS(=O)(=O)c1cc(Cl)c(OC(F)F)cc1Cl. The number of sulfonamides is 1. The van der Waals surface area contributed by atoms with Gasteiger partial charge in [0, 0.05) is 6.07 Å². The number of rotatable bonds is 3. The van der Waals surface area contributed by atoms with Gasteiger partial charge in [0.1, 0.15) is 10.6 Å². The summed E-state index contributed by atoms with van der Waals surface area (Å²) in [5.74, 6) is -0.422. The molecule has 16 heavy (non-hydrogen) atoms. The van der Waals surface area contributed by atoms with E-state index in [-0.39, 0.29) is 10.0 Å². The third kappa shape index (κ3) is 3.18. The van der Waals surface area contributed by atoms with Crippen molar-refractivity contribution < 1.29 is 21.9 Å². The second-order valence-corrected chi connectivity index (χ2v) is 4.98. The molecule has 0 amide bonds. The molecule has 90 valence electrons. The second-order valence-electron chi connectivity index (χ2n) is 2.64. The smallest absolute Gasteiger partial charge is 0.387 e. The van der Waals surface area contributed by atoms with E-state index in [1.165, 1.54) is 0 Å². The van der Waals surface area contributed by atoms with Gasteiger partial charge in [-0.2, -0.15) is 8.78 Å². The number of hydrogen-bond donors (Lipinski definition) is 1. The van der Waals surface area contributed by atoms with Crippen molar-refractivity contribution in [3.63, 3.8) is 0 Å². The third-order valence-corrected chi connectivity index (χ3v) is 3.18. The molecule has 0 aliphatic rings. The number of hydrogen-bond acceptors (Lipinski definition) is 3. The predicted molar refractivity (Wildman–Crippen MR) is 54.5 cm³/mol. The van der Waals surface area contributed by atoms with Crippen molar-refractivity contribution in [2.45, 2.75) is 11.5 Å². The molecule has 0 bridgehead atoms. The highest BCUT2D eigenvalue weighted by Crippen LogP contribution is 2.33. The standard InChI is InChI=1S/C7H5Cl2F2NO3S/c8-3-2-6(16(12,13)14)4(9)1-5(3)15-7(10)11/h1-2,7H,(H2,12,13,14). The van der Waals surface area contributed by atoms with Gasteiger partial charge in [0.25, 0.3) is 0 Å². The number of benzene rings is 1. The molecule has 0 aliphatic carbocycles. The minimum atomic E-state index is -4.06. The molecule has 0 spiro atoms. The van der Waals surface area contributed by atoms with Crippen molar-refractivity contribution in [2.24, 2.45) is 5.14 Å². The van der Waals surface area contributed by atoms with Gasteiger partial charge in [0.05, 0.1) is 10.0 Å². The molecule has 0 fully saturated rings. The highest BCUT2D eigenvalue weighted by atomic mass is 35.5. The fourth-order valence-corrected chi connectivity index (χ4v) is 2.28. The Morgan fingerprint density at radius 1 is 1.25 bits per heavy atom. The Bertz CT molecular complexity index is 507. The molecule has 0 aliphatic heterocycles. The van der Waals surface area contributed by atoms with Gasteiger partial charge in [-0.05, 0) is 6.07 Å². The van der Waals surface area contributed by atoms with Gasteiger partial charge in [-0.15, -0.1) is 0 Å². The zero-order valence-corrected chi connectivity index (χ0v) is 9.78. The van der Waals surface area contributed by atoms with E-state index in [0.717, 1.165) is 12.1 Å². The Labute approximate surface area is 99.9 Å². The number of halogens is 4. The fourth-order valence-electron chi connectivity index (χ4n) is 0.915. The average molecular weight is 292 g/mol. The zero-order valence-electron chi connectivity index (χ0n) is 7.45. The number of nitrogens with two attached hydrogens (primary N) is 1. The molecular weight excluding hydrogens is 287 g/mol. The first-order chi connectivity index (χ1) is 7.21. The predicted octanol–water partition coefficient (Wildman–Crippen LogP) is 2.24. The van der Waals surface area contributed by atoms with Crippen molar-refractivity contribution in [1.82, 2.24) is 0 Å². The minimum absolute atomic E-state index is 0.325.